The molecule has 0 aliphatic carbocycles. The van der Waals surface area contributed by atoms with Gasteiger partial charge in [-0.05, 0) is 31.4 Å². The van der Waals surface area contributed by atoms with Crippen molar-refractivity contribution in [2.45, 2.75) is 225 Å². The maximum absolute atomic E-state index is 2.65. The maximum Gasteiger partial charge on any atom is 0.105 e. The van der Waals surface area contributed by atoms with Gasteiger partial charge in [0.05, 0.1) is 0 Å². The highest BCUT2D eigenvalue weighted by molar-refractivity contribution is 5.51. The third kappa shape index (κ3) is 21.4. The first-order valence-corrected chi connectivity index (χ1v) is 21.1. The minimum atomic E-state index is 0.501. The van der Waals surface area contributed by atoms with E-state index in [0.717, 1.165) is 0 Å². The normalized spacial score (nSPS) is 14.6. The Bertz CT molecular complexity index is 773. The molecule has 1 heterocycles. The molecule has 0 N–H and O–H groups in total. The Morgan fingerprint density at radius 3 is 1.13 bits per heavy atom. The highest BCUT2D eigenvalue weighted by Crippen LogP contribution is 2.28. The summed E-state index contributed by atoms with van der Waals surface area (Å²) in [7, 11) is 0. The van der Waals surface area contributed by atoms with Crippen molar-refractivity contribution in [1.29, 1.82) is 0 Å². The molecule has 1 aliphatic heterocycles. The van der Waals surface area contributed by atoms with E-state index in [0.29, 0.717) is 6.17 Å². The third-order valence-electron chi connectivity index (χ3n) is 10.5. The van der Waals surface area contributed by atoms with Crippen LogP contribution in [0.2, 0.25) is 0 Å². The van der Waals surface area contributed by atoms with E-state index in [1.54, 1.807) is 0 Å². The Labute approximate surface area is 289 Å². The van der Waals surface area contributed by atoms with E-state index in [2.05, 4.69) is 66.4 Å². The van der Waals surface area contributed by atoms with Crippen molar-refractivity contribution in [2.24, 2.45) is 0 Å². The summed E-state index contributed by atoms with van der Waals surface area (Å²) in [5.41, 5.74) is 1.35. The number of hydrogen-bond donors (Lipinski definition) is 0. The van der Waals surface area contributed by atoms with E-state index < -0.39 is 0 Å². The van der Waals surface area contributed by atoms with Crippen LogP contribution < -0.4 is 4.90 Å². The standard InChI is InChI=1S/C44H80N2/c1-3-5-7-9-11-13-15-17-19-20-22-24-26-28-30-35-39-44-45(41-42-46(44)43-37-33-32-34-38-43)40-36-31-29-27-25-23-21-18-16-14-12-10-8-6-4-2/h32-34,37-38,41-42,44H,3-31,35-36,39-40H2,1-2H3. The number of para-hydroxylation sites is 1. The van der Waals surface area contributed by atoms with E-state index in [4.69, 9.17) is 0 Å². The SMILES string of the molecule is CCCCCCCCCCCCCCCCCCC1N(CCCCCCCCCCCCCCCCC)C=CN1c1ccccc1. The van der Waals surface area contributed by atoms with Crippen LogP contribution in [0, 0.1) is 0 Å². The van der Waals surface area contributed by atoms with Crippen LogP contribution in [0.1, 0.15) is 219 Å². The molecule has 46 heavy (non-hydrogen) atoms. The van der Waals surface area contributed by atoms with Gasteiger partial charge in [0.25, 0.3) is 0 Å². The van der Waals surface area contributed by atoms with Crippen LogP contribution >= 0.6 is 0 Å². The second-order valence-corrected chi connectivity index (χ2v) is 14.8. The number of hydrogen-bond acceptors (Lipinski definition) is 2. The Hall–Kier alpha value is -1.44. The molecule has 0 aromatic heterocycles. The predicted molar refractivity (Wildman–Crippen MR) is 208 cm³/mol. The molecule has 1 atom stereocenters. The van der Waals surface area contributed by atoms with Crippen LogP contribution in [0.5, 0.6) is 0 Å². The van der Waals surface area contributed by atoms with Gasteiger partial charge in [-0.15, -0.1) is 0 Å². The zero-order valence-corrected chi connectivity index (χ0v) is 31.3. The monoisotopic (exact) mass is 637 g/mol. The molecule has 2 nitrogen and oxygen atoms in total. The number of rotatable bonds is 34. The van der Waals surface area contributed by atoms with Crippen molar-refractivity contribution >= 4 is 5.69 Å². The summed E-state index contributed by atoms with van der Waals surface area (Å²) < 4.78 is 0. The molecule has 1 unspecified atom stereocenters. The first-order chi connectivity index (χ1) is 22.9. The lowest BCUT2D eigenvalue weighted by atomic mass is 10.0. The quantitative estimate of drug-likeness (QED) is 0.0694. The summed E-state index contributed by atoms with van der Waals surface area (Å²) in [5, 5.41) is 0. The lowest BCUT2D eigenvalue weighted by Crippen LogP contribution is -2.39. The molecule has 0 spiro atoms. The third-order valence-corrected chi connectivity index (χ3v) is 10.5. The van der Waals surface area contributed by atoms with Gasteiger partial charge in [-0.25, -0.2) is 0 Å². The van der Waals surface area contributed by atoms with E-state index in [1.165, 1.54) is 218 Å². The summed E-state index contributed by atoms with van der Waals surface area (Å²) in [6.45, 7) is 5.83. The number of anilines is 1. The first kappa shape index (κ1) is 40.7. The topological polar surface area (TPSA) is 6.48 Å². The average molecular weight is 637 g/mol. The summed E-state index contributed by atoms with van der Waals surface area (Å²) in [5.74, 6) is 0. The number of nitrogens with zero attached hydrogens (tertiary/aromatic N) is 2. The van der Waals surface area contributed by atoms with Gasteiger partial charge in [-0.2, -0.15) is 0 Å². The van der Waals surface area contributed by atoms with Crippen LogP contribution in [0.15, 0.2) is 42.7 Å². The number of benzene rings is 1. The molecule has 0 fully saturated rings. The van der Waals surface area contributed by atoms with Crippen molar-refractivity contribution in [3.63, 3.8) is 0 Å². The van der Waals surface area contributed by atoms with Crippen molar-refractivity contribution in [1.82, 2.24) is 4.90 Å². The molecule has 0 radical (unpaired) electrons. The Morgan fingerprint density at radius 2 is 0.739 bits per heavy atom. The summed E-state index contributed by atoms with van der Waals surface area (Å²) in [6.07, 6.45) is 51.1. The first-order valence-electron chi connectivity index (χ1n) is 21.1. The highest BCUT2D eigenvalue weighted by Gasteiger charge is 2.26. The van der Waals surface area contributed by atoms with Gasteiger partial charge in [0, 0.05) is 24.6 Å². The molecule has 0 bridgehead atoms. The van der Waals surface area contributed by atoms with Crippen molar-refractivity contribution in [3.05, 3.63) is 42.7 Å². The van der Waals surface area contributed by atoms with Crippen LogP contribution in [-0.2, 0) is 0 Å². The molecule has 0 amide bonds. The van der Waals surface area contributed by atoms with E-state index in [9.17, 15) is 0 Å². The van der Waals surface area contributed by atoms with Crippen LogP contribution in [0.3, 0.4) is 0 Å². The van der Waals surface area contributed by atoms with Gasteiger partial charge >= 0.3 is 0 Å². The Kier molecular flexibility index (Phi) is 27.3. The summed E-state index contributed by atoms with van der Waals surface area (Å²) in [4.78, 5) is 5.19. The minimum Gasteiger partial charge on any atom is -0.356 e. The van der Waals surface area contributed by atoms with Crippen molar-refractivity contribution in [3.8, 4) is 0 Å². The molecule has 0 saturated carbocycles. The lowest BCUT2D eigenvalue weighted by Gasteiger charge is -2.33. The fourth-order valence-corrected chi connectivity index (χ4v) is 7.44. The molecule has 0 saturated heterocycles. The fraction of sp³-hybridized carbons (Fsp3) is 0.818. The van der Waals surface area contributed by atoms with Gasteiger partial charge in [0.15, 0.2) is 0 Å². The lowest BCUT2D eigenvalue weighted by molar-refractivity contribution is 0.273. The summed E-state index contributed by atoms with van der Waals surface area (Å²) in [6, 6.07) is 11.1. The second kappa shape index (κ2) is 30.9. The van der Waals surface area contributed by atoms with E-state index >= 15 is 0 Å². The summed E-state index contributed by atoms with van der Waals surface area (Å²) >= 11 is 0. The largest absolute Gasteiger partial charge is 0.356 e. The van der Waals surface area contributed by atoms with Crippen LogP contribution in [0.25, 0.3) is 0 Å². The van der Waals surface area contributed by atoms with Gasteiger partial charge in [0.1, 0.15) is 6.17 Å². The van der Waals surface area contributed by atoms with E-state index in [1.807, 2.05) is 0 Å². The minimum absolute atomic E-state index is 0.501. The van der Waals surface area contributed by atoms with Gasteiger partial charge in [0.2, 0.25) is 0 Å². The van der Waals surface area contributed by atoms with E-state index in [-0.39, 0.29) is 0 Å². The van der Waals surface area contributed by atoms with Gasteiger partial charge in [-0.3, -0.25) is 0 Å². The second-order valence-electron chi connectivity index (χ2n) is 14.8. The van der Waals surface area contributed by atoms with Crippen molar-refractivity contribution in [2.75, 3.05) is 11.4 Å². The van der Waals surface area contributed by atoms with Crippen LogP contribution in [-0.4, -0.2) is 17.6 Å². The Morgan fingerprint density at radius 1 is 0.391 bits per heavy atom. The number of unbranched alkanes of at least 4 members (excludes halogenated alkanes) is 29. The molecule has 1 aliphatic rings. The van der Waals surface area contributed by atoms with Gasteiger partial charge < -0.3 is 9.80 Å². The molecule has 1 aromatic carbocycles. The Balaban J connectivity index is 1.49. The molecular weight excluding hydrogens is 556 g/mol. The average Bonchev–Trinajstić information content (AvgIpc) is 3.49. The van der Waals surface area contributed by atoms with Crippen molar-refractivity contribution < 1.29 is 0 Å². The molecule has 1 aromatic rings. The van der Waals surface area contributed by atoms with Gasteiger partial charge in [-0.1, -0.05) is 218 Å². The zero-order valence-electron chi connectivity index (χ0n) is 31.3. The van der Waals surface area contributed by atoms with Crippen LogP contribution in [0.4, 0.5) is 5.69 Å². The maximum atomic E-state index is 2.65. The molecule has 2 rings (SSSR count). The molecule has 2 heteroatoms. The highest BCUT2D eigenvalue weighted by atomic mass is 15.4. The smallest absolute Gasteiger partial charge is 0.105 e. The fourth-order valence-electron chi connectivity index (χ4n) is 7.44. The molecular formula is C44H80N2. The predicted octanol–water partition coefficient (Wildman–Crippen LogP) is 15.1. The molecule has 266 valence electrons. The zero-order chi connectivity index (χ0) is 32.6.